The van der Waals surface area contributed by atoms with Gasteiger partial charge in [-0.2, -0.15) is 0 Å². The van der Waals surface area contributed by atoms with Crippen molar-refractivity contribution in [1.82, 2.24) is 0 Å². The molecular weight excluding hydrogens is 250 g/mol. The molecule has 1 N–H and O–H groups in total. The predicted octanol–water partition coefficient (Wildman–Crippen LogP) is 3.34. The topological polar surface area (TPSA) is 40.5 Å². The third kappa shape index (κ3) is 3.85. The number of carbonyl (C=O) groups is 1. The molecule has 0 unspecified atom stereocenters. The van der Waals surface area contributed by atoms with Gasteiger partial charge in [-0.25, -0.2) is 0 Å². The first-order valence-electron chi connectivity index (χ1n) is 6.78. The number of rotatable bonds is 6. The minimum Gasteiger partial charge on any atom is -0.480 e. The molecule has 0 radical (unpaired) electrons. The van der Waals surface area contributed by atoms with E-state index < -0.39 is 5.97 Å². The maximum Gasteiger partial charge on any atom is 0.323 e. The second-order valence-electron chi connectivity index (χ2n) is 4.76. The SMILES string of the molecule is CCc1ccc(CN(CC(=O)O)c2ccccc2)cc1. The lowest BCUT2D eigenvalue weighted by Gasteiger charge is -2.23. The molecule has 0 amide bonds. The van der Waals surface area contributed by atoms with E-state index in [1.165, 1.54) is 5.56 Å². The molecule has 0 aliphatic carbocycles. The molecule has 3 heteroatoms. The van der Waals surface area contributed by atoms with Crippen molar-refractivity contribution in [2.24, 2.45) is 0 Å². The normalized spacial score (nSPS) is 10.2. The van der Waals surface area contributed by atoms with E-state index in [0.29, 0.717) is 6.54 Å². The Kier molecular flexibility index (Phi) is 4.77. The lowest BCUT2D eigenvalue weighted by molar-refractivity contribution is -0.135. The fourth-order valence-corrected chi connectivity index (χ4v) is 2.14. The van der Waals surface area contributed by atoms with E-state index in [1.54, 1.807) is 0 Å². The number of aryl methyl sites for hydroxylation is 1. The van der Waals surface area contributed by atoms with Gasteiger partial charge in [-0.1, -0.05) is 49.4 Å². The standard InChI is InChI=1S/C17H19NO2/c1-2-14-8-10-15(11-9-14)12-18(13-17(19)20)16-6-4-3-5-7-16/h3-11H,2,12-13H2,1H3,(H,19,20). The number of hydrogen-bond acceptors (Lipinski definition) is 2. The zero-order chi connectivity index (χ0) is 14.4. The van der Waals surface area contributed by atoms with Crippen molar-refractivity contribution in [3.8, 4) is 0 Å². The van der Waals surface area contributed by atoms with Gasteiger partial charge in [0.25, 0.3) is 0 Å². The molecule has 2 rings (SSSR count). The van der Waals surface area contributed by atoms with Crippen LogP contribution < -0.4 is 4.90 Å². The van der Waals surface area contributed by atoms with Gasteiger partial charge in [-0.3, -0.25) is 4.79 Å². The summed E-state index contributed by atoms with van der Waals surface area (Å²) < 4.78 is 0. The first-order chi connectivity index (χ1) is 9.69. The van der Waals surface area contributed by atoms with Crippen LogP contribution in [0.3, 0.4) is 0 Å². The van der Waals surface area contributed by atoms with Gasteiger partial charge in [0.1, 0.15) is 6.54 Å². The van der Waals surface area contributed by atoms with Crippen molar-refractivity contribution >= 4 is 11.7 Å². The molecule has 0 spiro atoms. The van der Waals surface area contributed by atoms with Crippen LogP contribution in [-0.2, 0) is 17.8 Å². The number of benzene rings is 2. The minimum absolute atomic E-state index is 0.000454. The van der Waals surface area contributed by atoms with E-state index >= 15 is 0 Å². The van der Waals surface area contributed by atoms with E-state index in [4.69, 9.17) is 5.11 Å². The summed E-state index contributed by atoms with van der Waals surface area (Å²) in [6.45, 7) is 2.72. The molecule has 0 aliphatic rings. The molecule has 0 atom stereocenters. The summed E-state index contributed by atoms with van der Waals surface area (Å²) in [4.78, 5) is 12.9. The van der Waals surface area contributed by atoms with Gasteiger partial charge in [-0.15, -0.1) is 0 Å². The van der Waals surface area contributed by atoms with Crippen molar-refractivity contribution in [1.29, 1.82) is 0 Å². The van der Waals surface area contributed by atoms with E-state index in [1.807, 2.05) is 35.2 Å². The average molecular weight is 269 g/mol. The molecular formula is C17H19NO2. The van der Waals surface area contributed by atoms with E-state index in [0.717, 1.165) is 17.7 Å². The number of para-hydroxylation sites is 1. The number of carboxylic acid groups (broad SMARTS) is 1. The average Bonchev–Trinajstić information content (AvgIpc) is 2.48. The van der Waals surface area contributed by atoms with Crippen LogP contribution in [0.4, 0.5) is 5.69 Å². The Morgan fingerprint density at radius 1 is 1.00 bits per heavy atom. The van der Waals surface area contributed by atoms with Gasteiger partial charge in [0.2, 0.25) is 0 Å². The molecule has 0 saturated heterocycles. The van der Waals surface area contributed by atoms with Gasteiger partial charge in [0.15, 0.2) is 0 Å². The Morgan fingerprint density at radius 3 is 2.15 bits per heavy atom. The summed E-state index contributed by atoms with van der Waals surface area (Å²) in [5, 5.41) is 9.06. The van der Waals surface area contributed by atoms with Crippen molar-refractivity contribution in [2.75, 3.05) is 11.4 Å². The Balaban J connectivity index is 2.16. The maximum absolute atomic E-state index is 11.0. The minimum atomic E-state index is -0.820. The molecule has 0 heterocycles. The van der Waals surface area contributed by atoms with Crippen LogP contribution in [0.2, 0.25) is 0 Å². The summed E-state index contributed by atoms with van der Waals surface area (Å²) in [5.41, 5.74) is 3.33. The van der Waals surface area contributed by atoms with Gasteiger partial charge < -0.3 is 10.0 Å². The maximum atomic E-state index is 11.0. The molecule has 104 valence electrons. The van der Waals surface area contributed by atoms with Crippen molar-refractivity contribution in [3.63, 3.8) is 0 Å². The fourth-order valence-electron chi connectivity index (χ4n) is 2.14. The van der Waals surface area contributed by atoms with Crippen LogP contribution in [0.25, 0.3) is 0 Å². The smallest absolute Gasteiger partial charge is 0.323 e. The second-order valence-corrected chi connectivity index (χ2v) is 4.76. The number of hydrogen-bond donors (Lipinski definition) is 1. The molecule has 20 heavy (non-hydrogen) atoms. The van der Waals surface area contributed by atoms with Crippen molar-refractivity contribution < 1.29 is 9.90 Å². The van der Waals surface area contributed by atoms with Crippen LogP contribution >= 0.6 is 0 Å². The quantitative estimate of drug-likeness (QED) is 0.874. The van der Waals surface area contributed by atoms with Crippen molar-refractivity contribution in [3.05, 3.63) is 65.7 Å². The van der Waals surface area contributed by atoms with Crippen LogP contribution in [0.15, 0.2) is 54.6 Å². The Hall–Kier alpha value is -2.29. The van der Waals surface area contributed by atoms with Crippen LogP contribution in [0.1, 0.15) is 18.1 Å². The van der Waals surface area contributed by atoms with Crippen molar-refractivity contribution in [2.45, 2.75) is 19.9 Å². The second kappa shape index (κ2) is 6.75. The molecule has 3 nitrogen and oxygen atoms in total. The number of aliphatic carboxylic acids is 1. The van der Waals surface area contributed by atoms with Crippen LogP contribution in [0, 0.1) is 0 Å². The predicted molar refractivity (Wildman–Crippen MR) is 80.9 cm³/mol. The summed E-state index contributed by atoms with van der Waals surface area (Å²) in [6, 6.07) is 18.0. The summed E-state index contributed by atoms with van der Waals surface area (Å²) in [6.07, 6.45) is 1.01. The number of anilines is 1. The first kappa shape index (κ1) is 14.1. The first-order valence-corrected chi connectivity index (χ1v) is 6.78. The zero-order valence-corrected chi connectivity index (χ0v) is 11.6. The Labute approximate surface area is 119 Å². The van der Waals surface area contributed by atoms with Gasteiger partial charge in [0, 0.05) is 12.2 Å². The largest absolute Gasteiger partial charge is 0.480 e. The lowest BCUT2D eigenvalue weighted by atomic mass is 10.1. The summed E-state index contributed by atoms with van der Waals surface area (Å²) in [5.74, 6) is -0.820. The molecule has 2 aromatic rings. The Bertz CT molecular complexity index is 549. The molecule has 2 aromatic carbocycles. The van der Waals surface area contributed by atoms with E-state index in [2.05, 4.69) is 31.2 Å². The number of nitrogens with zero attached hydrogens (tertiary/aromatic N) is 1. The highest BCUT2D eigenvalue weighted by Gasteiger charge is 2.11. The van der Waals surface area contributed by atoms with Gasteiger partial charge in [0.05, 0.1) is 0 Å². The third-order valence-corrected chi connectivity index (χ3v) is 3.25. The molecule has 0 fully saturated rings. The van der Waals surface area contributed by atoms with Gasteiger partial charge in [-0.05, 0) is 29.7 Å². The van der Waals surface area contributed by atoms with Crippen LogP contribution in [0.5, 0.6) is 0 Å². The summed E-state index contributed by atoms with van der Waals surface area (Å²) in [7, 11) is 0. The zero-order valence-electron chi connectivity index (χ0n) is 11.6. The highest BCUT2D eigenvalue weighted by Crippen LogP contribution is 2.17. The summed E-state index contributed by atoms with van der Waals surface area (Å²) >= 11 is 0. The fraction of sp³-hybridized carbons (Fsp3) is 0.235. The van der Waals surface area contributed by atoms with Gasteiger partial charge >= 0.3 is 5.97 Å². The van der Waals surface area contributed by atoms with E-state index in [9.17, 15) is 4.79 Å². The monoisotopic (exact) mass is 269 g/mol. The highest BCUT2D eigenvalue weighted by atomic mass is 16.4. The third-order valence-electron chi connectivity index (χ3n) is 3.25. The molecule has 0 saturated carbocycles. The molecule has 0 aromatic heterocycles. The molecule has 0 aliphatic heterocycles. The Morgan fingerprint density at radius 2 is 1.60 bits per heavy atom. The van der Waals surface area contributed by atoms with E-state index in [-0.39, 0.29) is 6.54 Å². The lowest BCUT2D eigenvalue weighted by Crippen LogP contribution is -2.29. The van der Waals surface area contributed by atoms with Crippen LogP contribution in [-0.4, -0.2) is 17.6 Å². The number of carboxylic acids is 1. The highest BCUT2D eigenvalue weighted by molar-refractivity contribution is 5.73. The molecule has 0 bridgehead atoms.